The lowest BCUT2D eigenvalue weighted by molar-refractivity contribution is -0.146. The number of amides is 2. The molecule has 1 aromatic rings. The number of benzene rings is 1. The molecule has 1 aliphatic rings. The number of unbranched alkanes of at least 4 members (excludes halogenated alkanes) is 1. The number of esters is 1. The summed E-state index contributed by atoms with van der Waals surface area (Å²) in [6, 6.07) is 3.26. The van der Waals surface area contributed by atoms with Crippen molar-refractivity contribution in [3.05, 3.63) is 26.2 Å². The molecule has 0 saturated carbocycles. The van der Waals surface area contributed by atoms with Crippen LogP contribution in [0.15, 0.2) is 17.0 Å². The van der Waals surface area contributed by atoms with E-state index in [4.69, 9.17) is 9.47 Å². The number of phenols is 1. The number of hydrogen-bond donors (Lipinski definition) is 1. The van der Waals surface area contributed by atoms with Gasteiger partial charge in [-0.3, -0.25) is 19.3 Å². The lowest BCUT2D eigenvalue weighted by Gasteiger charge is -2.11. The highest BCUT2D eigenvalue weighted by atomic mass is 127. The van der Waals surface area contributed by atoms with Gasteiger partial charge in [0.15, 0.2) is 11.5 Å². The van der Waals surface area contributed by atoms with Gasteiger partial charge in [-0.1, -0.05) is 13.3 Å². The summed E-state index contributed by atoms with van der Waals surface area (Å²) in [4.78, 5) is 37.4. The van der Waals surface area contributed by atoms with Gasteiger partial charge in [0.05, 0.1) is 21.7 Å². The van der Waals surface area contributed by atoms with Gasteiger partial charge < -0.3 is 14.6 Å². The first kappa shape index (κ1) is 21.5. The Bertz CT molecular complexity index is 779. The van der Waals surface area contributed by atoms with Crippen LogP contribution in [0.4, 0.5) is 4.79 Å². The van der Waals surface area contributed by atoms with Crippen molar-refractivity contribution in [1.82, 2.24) is 4.90 Å². The van der Waals surface area contributed by atoms with Crippen molar-refractivity contribution in [1.29, 1.82) is 0 Å². The average Bonchev–Trinajstić information content (AvgIpc) is 2.87. The van der Waals surface area contributed by atoms with Crippen LogP contribution in [0.1, 0.15) is 32.3 Å². The number of ether oxygens (including phenoxy) is 2. The molecular weight excluding hydrogens is 485 g/mol. The maximum absolute atomic E-state index is 12.5. The summed E-state index contributed by atoms with van der Waals surface area (Å²) in [5, 5.41) is 9.48. The van der Waals surface area contributed by atoms with E-state index in [2.05, 4.69) is 0 Å². The van der Waals surface area contributed by atoms with E-state index in [1.165, 1.54) is 6.08 Å². The monoisotopic (exact) mass is 505 g/mol. The number of aromatic hydroxyl groups is 1. The smallest absolute Gasteiger partial charge is 0.326 e. The maximum Gasteiger partial charge on any atom is 0.326 e. The largest absolute Gasteiger partial charge is 0.504 e. The normalized spacial score (nSPS) is 15.5. The van der Waals surface area contributed by atoms with Gasteiger partial charge in [0.25, 0.3) is 11.1 Å². The van der Waals surface area contributed by atoms with Crippen LogP contribution in [0.25, 0.3) is 6.08 Å². The van der Waals surface area contributed by atoms with Crippen LogP contribution in [0.3, 0.4) is 0 Å². The lowest BCUT2D eigenvalue weighted by atomic mass is 10.2. The predicted octanol–water partition coefficient (Wildman–Crippen LogP) is 3.78. The minimum absolute atomic E-state index is 0.0255. The Labute approximate surface area is 175 Å². The highest BCUT2D eigenvalue weighted by molar-refractivity contribution is 14.1. The predicted molar refractivity (Wildman–Crippen MR) is 111 cm³/mol. The topological polar surface area (TPSA) is 93.1 Å². The van der Waals surface area contributed by atoms with E-state index in [1.54, 1.807) is 19.1 Å². The molecule has 1 fully saturated rings. The summed E-state index contributed by atoms with van der Waals surface area (Å²) < 4.78 is 10.9. The summed E-state index contributed by atoms with van der Waals surface area (Å²) in [5.74, 6) is -0.824. The van der Waals surface area contributed by atoms with E-state index < -0.39 is 23.7 Å². The number of halogens is 1. The molecule has 1 aliphatic heterocycles. The van der Waals surface area contributed by atoms with Gasteiger partial charge >= 0.3 is 5.97 Å². The lowest BCUT2D eigenvalue weighted by Crippen LogP contribution is -2.34. The van der Waals surface area contributed by atoms with E-state index in [0.29, 0.717) is 21.5 Å². The SMILES string of the molecule is CCCCOC(=O)CN1C(=O)S/C(=C/c2cc(I)c(O)c(OCC)c2)C1=O. The first-order chi connectivity index (χ1) is 12.9. The minimum atomic E-state index is -0.607. The number of phenolic OH excluding ortho intramolecular Hbond substituents is 1. The molecule has 1 saturated heterocycles. The van der Waals surface area contributed by atoms with E-state index in [-0.39, 0.29) is 17.3 Å². The molecule has 0 aliphatic carbocycles. The summed E-state index contributed by atoms with van der Waals surface area (Å²) >= 11 is 2.72. The molecule has 27 heavy (non-hydrogen) atoms. The third-order valence-electron chi connectivity index (χ3n) is 3.57. The van der Waals surface area contributed by atoms with Gasteiger partial charge in [-0.25, -0.2) is 0 Å². The molecule has 2 amide bonds. The van der Waals surface area contributed by atoms with Crippen molar-refractivity contribution in [3.63, 3.8) is 0 Å². The van der Waals surface area contributed by atoms with Gasteiger partial charge in [-0.15, -0.1) is 0 Å². The molecule has 2 rings (SSSR count). The van der Waals surface area contributed by atoms with Crippen LogP contribution in [0.2, 0.25) is 0 Å². The third kappa shape index (κ3) is 5.61. The minimum Gasteiger partial charge on any atom is -0.504 e. The summed E-state index contributed by atoms with van der Waals surface area (Å²) in [5.41, 5.74) is 0.608. The van der Waals surface area contributed by atoms with Crippen molar-refractivity contribution < 1.29 is 29.0 Å². The van der Waals surface area contributed by atoms with Gasteiger partial charge in [0.2, 0.25) is 0 Å². The van der Waals surface area contributed by atoms with Crippen molar-refractivity contribution >= 4 is 57.5 Å². The van der Waals surface area contributed by atoms with E-state index in [1.807, 2.05) is 29.5 Å². The first-order valence-electron chi connectivity index (χ1n) is 8.43. The fourth-order valence-corrected chi connectivity index (χ4v) is 3.70. The van der Waals surface area contributed by atoms with Crippen molar-refractivity contribution in [3.8, 4) is 11.5 Å². The van der Waals surface area contributed by atoms with Gasteiger partial charge in [0.1, 0.15) is 6.54 Å². The van der Waals surface area contributed by atoms with Crippen LogP contribution in [0, 0.1) is 3.57 Å². The van der Waals surface area contributed by atoms with Gasteiger partial charge in [-0.2, -0.15) is 0 Å². The Balaban J connectivity index is 2.15. The maximum atomic E-state index is 12.5. The number of carbonyl (C=O) groups excluding carboxylic acids is 3. The molecule has 146 valence electrons. The first-order valence-corrected chi connectivity index (χ1v) is 10.3. The number of nitrogens with zero attached hydrogens (tertiary/aromatic N) is 1. The molecule has 1 N–H and O–H groups in total. The molecule has 0 aromatic heterocycles. The summed E-state index contributed by atoms with van der Waals surface area (Å²) in [6.07, 6.45) is 3.15. The van der Waals surface area contributed by atoms with E-state index >= 15 is 0 Å². The van der Waals surface area contributed by atoms with Crippen LogP contribution < -0.4 is 4.74 Å². The van der Waals surface area contributed by atoms with Crippen LogP contribution in [0.5, 0.6) is 11.5 Å². The van der Waals surface area contributed by atoms with Crippen LogP contribution >= 0.6 is 34.4 Å². The molecule has 0 unspecified atom stereocenters. The molecular formula is C18H20INO6S. The highest BCUT2D eigenvalue weighted by Gasteiger charge is 2.36. The molecule has 1 heterocycles. The van der Waals surface area contributed by atoms with E-state index in [0.717, 1.165) is 29.5 Å². The van der Waals surface area contributed by atoms with Crippen LogP contribution in [-0.4, -0.2) is 46.9 Å². The molecule has 0 radical (unpaired) electrons. The number of carbonyl (C=O) groups is 3. The zero-order valence-corrected chi connectivity index (χ0v) is 18.0. The molecule has 1 aromatic carbocycles. The summed E-state index contributed by atoms with van der Waals surface area (Å²) in [6.45, 7) is 4.01. The second kappa shape index (κ2) is 9.98. The number of thioether (sulfide) groups is 1. The van der Waals surface area contributed by atoms with Crippen molar-refractivity contribution in [2.24, 2.45) is 0 Å². The zero-order valence-electron chi connectivity index (χ0n) is 15.0. The molecule has 0 atom stereocenters. The van der Waals surface area contributed by atoms with Crippen molar-refractivity contribution in [2.45, 2.75) is 26.7 Å². The Kier molecular flexibility index (Phi) is 7.96. The Hall–Kier alpha value is -1.75. The summed E-state index contributed by atoms with van der Waals surface area (Å²) in [7, 11) is 0. The Morgan fingerprint density at radius 2 is 2.07 bits per heavy atom. The highest BCUT2D eigenvalue weighted by Crippen LogP contribution is 2.36. The number of rotatable bonds is 8. The zero-order chi connectivity index (χ0) is 20.0. The Morgan fingerprint density at radius 1 is 1.33 bits per heavy atom. The second-order valence-electron chi connectivity index (χ2n) is 5.62. The van der Waals surface area contributed by atoms with Gasteiger partial charge in [-0.05, 0) is 71.5 Å². The van der Waals surface area contributed by atoms with Crippen molar-refractivity contribution in [2.75, 3.05) is 19.8 Å². The fourth-order valence-electron chi connectivity index (χ4n) is 2.24. The molecule has 0 spiro atoms. The second-order valence-corrected chi connectivity index (χ2v) is 7.78. The Morgan fingerprint density at radius 3 is 2.74 bits per heavy atom. The standard InChI is InChI=1S/C18H20INO6S/c1-3-5-6-26-15(21)10-20-17(23)14(27-18(20)24)9-11-7-12(19)16(22)13(8-11)25-4-2/h7-9,22H,3-6,10H2,1-2H3/b14-9+. The van der Waals surface area contributed by atoms with Gasteiger partial charge in [0, 0.05) is 0 Å². The fraction of sp³-hybridized carbons (Fsp3) is 0.389. The third-order valence-corrected chi connectivity index (χ3v) is 5.30. The van der Waals surface area contributed by atoms with E-state index in [9.17, 15) is 19.5 Å². The van der Waals surface area contributed by atoms with Crippen LogP contribution in [-0.2, 0) is 14.3 Å². The number of imide groups is 1. The quantitative estimate of drug-likeness (QED) is 0.249. The molecule has 0 bridgehead atoms. The number of hydrogen-bond acceptors (Lipinski definition) is 7. The molecule has 9 heteroatoms. The molecule has 7 nitrogen and oxygen atoms in total. The average molecular weight is 505 g/mol.